The molecule has 1 saturated heterocycles. The molecule has 0 spiro atoms. The van der Waals surface area contributed by atoms with Crippen LogP contribution in [0.5, 0.6) is 0 Å². The molecule has 1 aromatic carbocycles. The lowest BCUT2D eigenvalue weighted by molar-refractivity contribution is 0.0708. The average Bonchev–Trinajstić information content (AvgIpc) is 2.28. The van der Waals surface area contributed by atoms with Gasteiger partial charge in [-0.15, -0.1) is 12.4 Å². The fraction of sp³-hybridized carbons (Fsp3) is 0.462. The van der Waals surface area contributed by atoms with E-state index in [9.17, 15) is 4.79 Å². The predicted octanol–water partition coefficient (Wildman–Crippen LogP) is 2.61. The maximum absolute atomic E-state index is 12.4. The third kappa shape index (κ3) is 3.46. The van der Waals surface area contributed by atoms with Crippen molar-refractivity contribution >= 4 is 34.2 Å². The molecule has 0 saturated carbocycles. The normalized spacial score (nSPS) is 19.3. The quantitative estimate of drug-likeness (QED) is 0.857. The van der Waals surface area contributed by atoms with Crippen LogP contribution in [0.15, 0.2) is 22.7 Å². The minimum atomic E-state index is 0. The van der Waals surface area contributed by atoms with Crippen molar-refractivity contribution < 1.29 is 4.79 Å². The fourth-order valence-corrected chi connectivity index (χ4v) is 2.63. The zero-order valence-electron chi connectivity index (χ0n) is 10.6. The monoisotopic (exact) mass is 332 g/mol. The Morgan fingerprint density at radius 1 is 1.50 bits per heavy atom. The number of hydrogen-bond donors (Lipinski definition) is 1. The van der Waals surface area contributed by atoms with E-state index in [4.69, 9.17) is 0 Å². The van der Waals surface area contributed by atoms with Crippen LogP contribution in [0, 0.1) is 6.92 Å². The van der Waals surface area contributed by atoms with Gasteiger partial charge in [-0.25, -0.2) is 0 Å². The summed E-state index contributed by atoms with van der Waals surface area (Å²) in [6.07, 6.45) is 0. The van der Waals surface area contributed by atoms with Crippen molar-refractivity contribution in [3.05, 3.63) is 33.8 Å². The predicted molar refractivity (Wildman–Crippen MR) is 79.5 cm³/mol. The molecule has 3 nitrogen and oxygen atoms in total. The van der Waals surface area contributed by atoms with Crippen molar-refractivity contribution in [1.29, 1.82) is 0 Å². The Hall–Kier alpha value is -0.580. The Morgan fingerprint density at radius 2 is 2.22 bits per heavy atom. The van der Waals surface area contributed by atoms with Gasteiger partial charge in [0.25, 0.3) is 5.91 Å². The minimum Gasteiger partial charge on any atom is -0.336 e. The van der Waals surface area contributed by atoms with Crippen LogP contribution in [0.3, 0.4) is 0 Å². The van der Waals surface area contributed by atoms with Gasteiger partial charge in [0.05, 0.1) is 0 Å². The molecule has 0 bridgehead atoms. The molecule has 18 heavy (non-hydrogen) atoms. The van der Waals surface area contributed by atoms with Crippen molar-refractivity contribution in [1.82, 2.24) is 10.2 Å². The summed E-state index contributed by atoms with van der Waals surface area (Å²) in [7, 11) is 0. The van der Waals surface area contributed by atoms with Gasteiger partial charge in [0.1, 0.15) is 0 Å². The Kier molecular flexibility index (Phi) is 5.63. The third-order valence-corrected chi connectivity index (χ3v) is 3.57. The molecule has 1 heterocycles. The Morgan fingerprint density at radius 3 is 2.83 bits per heavy atom. The summed E-state index contributed by atoms with van der Waals surface area (Å²) in [6.45, 7) is 6.53. The van der Waals surface area contributed by atoms with Gasteiger partial charge in [-0.2, -0.15) is 0 Å². The minimum absolute atomic E-state index is 0. The highest BCUT2D eigenvalue weighted by Gasteiger charge is 2.22. The maximum Gasteiger partial charge on any atom is 0.254 e. The van der Waals surface area contributed by atoms with Crippen molar-refractivity contribution in [3.8, 4) is 0 Å². The highest BCUT2D eigenvalue weighted by atomic mass is 79.9. The van der Waals surface area contributed by atoms with Crippen LogP contribution in [-0.4, -0.2) is 36.5 Å². The lowest BCUT2D eigenvalue weighted by Gasteiger charge is -2.32. The zero-order valence-corrected chi connectivity index (χ0v) is 13.0. The van der Waals surface area contributed by atoms with Crippen molar-refractivity contribution in [2.75, 3.05) is 19.6 Å². The first-order valence-electron chi connectivity index (χ1n) is 5.87. The first-order chi connectivity index (χ1) is 8.08. The molecule has 0 radical (unpaired) electrons. The molecule has 1 aliphatic rings. The van der Waals surface area contributed by atoms with Gasteiger partial charge in [0.15, 0.2) is 0 Å². The first-order valence-corrected chi connectivity index (χ1v) is 6.66. The summed E-state index contributed by atoms with van der Waals surface area (Å²) in [5.41, 5.74) is 1.83. The topological polar surface area (TPSA) is 32.3 Å². The van der Waals surface area contributed by atoms with Gasteiger partial charge in [0, 0.05) is 35.7 Å². The molecule has 0 aromatic heterocycles. The van der Waals surface area contributed by atoms with Gasteiger partial charge in [-0.05, 0) is 37.6 Å². The van der Waals surface area contributed by atoms with Gasteiger partial charge in [-0.3, -0.25) is 4.79 Å². The fourth-order valence-electron chi connectivity index (χ4n) is 2.15. The molecule has 1 aliphatic heterocycles. The number of hydrogen-bond acceptors (Lipinski definition) is 2. The molecule has 5 heteroatoms. The molecule has 100 valence electrons. The van der Waals surface area contributed by atoms with E-state index in [0.717, 1.165) is 35.2 Å². The van der Waals surface area contributed by atoms with E-state index in [-0.39, 0.29) is 18.3 Å². The van der Waals surface area contributed by atoms with E-state index in [2.05, 4.69) is 28.2 Å². The van der Waals surface area contributed by atoms with Crippen molar-refractivity contribution in [2.24, 2.45) is 0 Å². The van der Waals surface area contributed by atoms with E-state index in [1.54, 1.807) is 0 Å². The second kappa shape index (κ2) is 6.55. The number of rotatable bonds is 1. The molecular weight excluding hydrogens is 316 g/mol. The number of halogens is 2. The van der Waals surface area contributed by atoms with Crippen LogP contribution < -0.4 is 5.32 Å². The van der Waals surface area contributed by atoms with Gasteiger partial charge in [-0.1, -0.05) is 15.9 Å². The Bertz CT molecular complexity index is 439. The molecule has 1 aromatic rings. The Labute approximate surface area is 122 Å². The van der Waals surface area contributed by atoms with Crippen LogP contribution in [-0.2, 0) is 0 Å². The summed E-state index contributed by atoms with van der Waals surface area (Å²) >= 11 is 3.42. The standard InChI is InChI=1S/C13H17BrN2O.ClH/c1-9-7-11(14)3-4-12(9)13(17)16-6-5-15-10(2)8-16;/h3-4,7,10,15H,5-6,8H2,1-2H3;1H/t10-;/m0./s1. The number of nitrogens with zero attached hydrogens (tertiary/aromatic N) is 1. The number of piperazine rings is 1. The van der Waals surface area contributed by atoms with Crippen LogP contribution >= 0.6 is 28.3 Å². The summed E-state index contributed by atoms with van der Waals surface area (Å²) in [5, 5.41) is 3.34. The zero-order chi connectivity index (χ0) is 12.4. The number of carbonyl (C=O) groups is 1. The number of carbonyl (C=O) groups excluding carboxylic acids is 1. The van der Waals surface area contributed by atoms with Crippen molar-refractivity contribution in [3.63, 3.8) is 0 Å². The molecule has 0 unspecified atom stereocenters. The lowest BCUT2D eigenvalue weighted by Crippen LogP contribution is -2.51. The van der Waals surface area contributed by atoms with Crippen LogP contribution in [0.1, 0.15) is 22.8 Å². The summed E-state index contributed by atoms with van der Waals surface area (Å²) in [6, 6.07) is 6.18. The molecule has 0 aliphatic carbocycles. The molecule has 1 amide bonds. The van der Waals surface area contributed by atoms with E-state index in [1.807, 2.05) is 30.0 Å². The van der Waals surface area contributed by atoms with Gasteiger partial charge in [0.2, 0.25) is 0 Å². The highest BCUT2D eigenvalue weighted by molar-refractivity contribution is 9.10. The Balaban J connectivity index is 0.00000162. The molecule has 1 N–H and O–H groups in total. The van der Waals surface area contributed by atoms with Gasteiger partial charge < -0.3 is 10.2 Å². The third-order valence-electron chi connectivity index (χ3n) is 3.07. The number of amides is 1. The number of nitrogens with one attached hydrogen (secondary N) is 1. The number of aryl methyl sites for hydroxylation is 1. The highest BCUT2D eigenvalue weighted by Crippen LogP contribution is 2.18. The number of benzene rings is 1. The maximum atomic E-state index is 12.4. The summed E-state index contributed by atoms with van der Waals surface area (Å²) in [4.78, 5) is 14.3. The van der Waals surface area contributed by atoms with E-state index in [1.165, 1.54) is 0 Å². The second-order valence-electron chi connectivity index (χ2n) is 4.57. The summed E-state index contributed by atoms with van der Waals surface area (Å²) in [5.74, 6) is 0.142. The van der Waals surface area contributed by atoms with Crippen LogP contribution in [0.2, 0.25) is 0 Å². The van der Waals surface area contributed by atoms with Crippen LogP contribution in [0.4, 0.5) is 0 Å². The summed E-state index contributed by atoms with van der Waals surface area (Å²) < 4.78 is 1.01. The van der Waals surface area contributed by atoms with Crippen LogP contribution in [0.25, 0.3) is 0 Å². The van der Waals surface area contributed by atoms with Crippen molar-refractivity contribution in [2.45, 2.75) is 19.9 Å². The smallest absolute Gasteiger partial charge is 0.254 e. The average molecular weight is 334 g/mol. The first kappa shape index (κ1) is 15.5. The molecule has 2 rings (SSSR count). The van der Waals surface area contributed by atoms with E-state index in [0.29, 0.717) is 6.04 Å². The largest absolute Gasteiger partial charge is 0.336 e. The lowest BCUT2D eigenvalue weighted by atomic mass is 10.1. The SMILES string of the molecule is Cc1cc(Br)ccc1C(=O)N1CCN[C@@H](C)C1.Cl. The van der Waals surface area contributed by atoms with Gasteiger partial charge >= 0.3 is 0 Å². The molecule has 1 atom stereocenters. The molecular formula is C13H18BrClN2O. The van der Waals surface area contributed by atoms with E-state index >= 15 is 0 Å². The van der Waals surface area contributed by atoms with E-state index < -0.39 is 0 Å². The second-order valence-corrected chi connectivity index (χ2v) is 5.48. The molecule has 1 fully saturated rings.